The van der Waals surface area contributed by atoms with E-state index in [1.807, 2.05) is 60.7 Å². The molecule has 11 heteroatoms. The minimum Gasteiger partial charge on any atom is -0.494 e. The minimum atomic E-state index is 0.419. The number of ether oxygens (including phenoxy) is 2. The minimum absolute atomic E-state index is 0.419. The SMILES string of the molecule is CCCCCCCCCCOc1ccc(-c2nc(-c3ccc(-c4noc(-c5ccc(OCCCCCCCCCC)cc5)n4)c4nsnc34)no2)cc1. The van der Waals surface area contributed by atoms with Gasteiger partial charge in [-0.1, -0.05) is 114 Å². The predicted molar refractivity (Wildman–Crippen MR) is 211 cm³/mol. The molecule has 0 aliphatic carbocycles. The second kappa shape index (κ2) is 20.6. The van der Waals surface area contributed by atoms with E-state index in [4.69, 9.17) is 18.5 Å². The Kier molecular flexibility index (Phi) is 14.8. The number of hydrogen-bond acceptors (Lipinski definition) is 11. The number of nitrogens with zero attached hydrogens (tertiary/aromatic N) is 6. The molecule has 0 atom stereocenters. The maximum Gasteiger partial charge on any atom is 0.258 e. The van der Waals surface area contributed by atoms with Gasteiger partial charge in [0.1, 0.15) is 22.5 Å². The third kappa shape index (κ3) is 10.9. The van der Waals surface area contributed by atoms with Crippen LogP contribution in [0.2, 0.25) is 0 Å². The van der Waals surface area contributed by atoms with Crippen LogP contribution in [0.25, 0.3) is 56.7 Å². The summed E-state index contributed by atoms with van der Waals surface area (Å²) in [5.74, 6) is 3.37. The standard InChI is InChI=1S/C42H52N6O4S/c1-3-5-7-9-11-13-15-17-29-49-33-23-19-31(20-24-33)41-43-39(45-51-41)35-27-28-36(38-37(35)47-53-48-38)40-44-42(52-46-40)32-21-25-34(26-22-32)50-30-18-16-14-12-10-8-6-4-2/h19-28H,3-18,29-30H2,1-2H3. The zero-order valence-corrected chi connectivity index (χ0v) is 32.0. The Morgan fingerprint density at radius 2 is 0.849 bits per heavy atom. The molecule has 0 spiro atoms. The first-order chi connectivity index (χ1) is 26.2. The molecule has 3 aromatic carbocycles. The summed E-state index contributed by atoms with van der Waals surface area (Å²) in [6.45, 7) is 5.95. The van der Waals surface area contributed by atoms with E-state index in [9.17, 15) is 0 Å². The lowest BCUT2D eigenvalue weighted by atomic mass is 10.1. The average molecular weight is 737 g/mol. The van der Waals surface area contributed by atoms with Gasteiger partial charge in [-0.2, -0.15) is 18.7 Å². The first-order valence-electron chi connectivity index (χ1n) is 19.6. The highest BCUT2D eigenvalue weighted by Gasteiger charge is 2.21. The Labute approximate surface area is 317 Å². The van der Waals surface area contributed by atoms with Crippen LogP contribution in [0.15, 0.2) is 69.7 Å². The van der Waals surface area contributed by atoms with Crippen molar-refractivity contribution in [3.05, 3.63) is 60.7 Å². The molecule has 53 heavy (non-hydrogen) atoms. The van der Waals surface area contributed by atoms with Crippen molar-refractivity contribution in [2.45, 2.75) is 117 Å². The van der Waals surface area contributed by atoms with Crippen molar-refractivity contribution in [3.8, 4) is 57.2 Å². The molecule has 3 heterocycles. The van der Waals surface area contributed by atoms with Crippen molar-refractivity contribution in [2.24, 2.45) is 0 Å². The van der Waals surface area contributed by atoms with E-state index in [1.54, 1.807) is 0 Å². The van der Waals surface area contributed by atoms with Gasteiger partial charge in [0.15, 0.2) is 0 Å². The maximum atomic E-state index is 5.96. The van der Waals surface area contributed by atoms with Gasteiger partial charge in [0, 0.05) is 11.1 Å². The van der Waals surface area contributed by atoms with Gasteiger partial charge in [-0.3, -0.25) is 0 Å². The first-order valence-corrected chi connectivity index (χ1v) is 20.4. The van der Waals surface area contributed by atoms with Crippen LogP contribution < -0.4 is 9.47 Å². The summed E-state index contributed by atoms with van der Waals surface area (Å²) in [4.78, 5) is 9.38. The van der Waals surface area contributed by atoms with Gasteiger partial charge in [-0.25, -0.2) is 0 Å². The lowest BCUT2D eigenvalue weighted by Crippen LogP contribution is -1.97. The number of unbranched alkanes of at least 4 members (excludes halogenated alkanes) is 14. The van der Waals surface area contributed by atoms with E-state index in [0.29, 0.717) is 45.6 Å². The summed E-state index contributed by atoms with van der Waals surface area (Å²) in [5, 5.41) is 8.55. The van der Waals surface area contributed by atoms with E-state index < -0.39 is 0 Å². The third-order valence-corrected chi connectivity index (χ3v) is 10.0. The van der Waals surface area contributed by atoms with Gasteiger partial charge in [0.2, 0.25) is 11.6 Å². The van der Waals surface area contributed by atoms with E-state index in [1.165, 1.54) is 89.9 Å². The molecule has 0 fully saturated rings. The molecule has 0 N–H and O–H groups in total. The molecule has 6 rings (SSSR count). The van der Waals surface area contributed by atoms with Crippen molar-refractivity contribution in [3.63, 3.8) is 0 Å². The lowest BCUT2D eigenvalue weighted by molar-refractivity contribution is 0.304. The summed E-state index contributed by atoms with van der Waals surface area (Å²) < 4.78 is 32.4. The highest BCUT2D eigenvalue weighted by atomic mass is 32.1. The van der Waals surface area contributed by atoms with Crippen molar-refractivity contribution < 1.29 is 18.5 Å². The molecule has 0 saturated carbocycles. The second-order valence-electron chi connectivity index (χ2n) is 13.7. The zero-order valence-electron chi connectivity index (χ0n) is 31.2. The van der Waals surface area contributed by atoms with Crippen molar-refractivity contribution >= 4 is 22.8 Å². The lowest BCUT2D eigenvalue weighted by Gasteiger charge is -2.06. The Balaban J connectivity index is 1.01. The van der Waals surface area contributed by atoms with Crippen LogP contribution in [0.5, 0.6) is 11.5 Å². The zero-order chi connectivity index (χ0) is 36.5. The van der Waals surface area contributed by atoms with E-state index in [2.05, 4.69) is 42.9 Å². The van der Waals surface area contributed by atoms with Crippen LogP contribution >= 0.6 is 11.7 Å². The average Bonchev–Trinajstić information content (AvgIpc) is 3.99. The van der Waals surface area contributed by atoms with Crippen LogP contribution in [0, 0.1) is 0 Å². The number of hydrogen-bond donors (Lipinski definition) is 0. The molecule has 6 aromatic rings. The molecule has 0 aliphatic heterocycles. The molecular weight excluding hydrogens is 685 g/mol. The van der Waals surface area contributed by atoms with Gasteiger partial charge in [0.05, 0.1) is 36.1 Å². The Morgan fingerprint density at radius 1 is 0.472 bits per heavy atom. The van der Waals surface area contributed by atoms with Crippen LogP contribution in [0.3, 0.4) is 0 Å². The van der Waals surface area contributed by atoms with Crippen molar-refractivity contribution in [1.29, 1.82) is 0 Å². The van der Waals surface area contributed by atoms with Gasteiger partial charge >= 0.3 is 0 Å². The highest BCUT2D eigenvalue weighted by molar-refractivity contribution is 7.00. The number of fused-ring (bicyclic) bond motifs is 1. The summed E-state index contributed by atoms with van der Waals surface area (Å²) >= 11 is 1.11. The van der Waals surface area contributed by atoms with Crippen molar-refractivity contribution in [2.75, 3.05) is 13.2 Å². The van der Waals surface area contributed by atoms with Gasteiger partial charge in [-0.15, -0.1) is 0 Å². The molecule has 0 aliphatic rings. The molecule has 280 valence electrons. The topological polar surface area (TPSA) is 122 Å². The molecule has 0 bridgehead atoms. The molecule has 0 unspecified atom stereocenters. The first kappa shape index (κ1) is 38.1. The monoisotopic (exact) mass is 736 g/mol. The highest BCUT2D eigenvalue weighted by Crippen LogP contribution is 2.34. The van der Waals surface area contributed by atoms with Crippen molar-refractivity contribution in [1.82, 2.24) is 29.0 Å². The molecule has 0 amide bonds. The molecule has 0 saturated heterocycles. The Hall–Kier alpha value is -4.64. The van der Waals surface area contributed by atoms with E-state index in [0.717, 1.165) is 60.4 Å². The number of benzene rings is 3. The Bertz CT molecular complexity index is 1800. The smallest absolute Gasteiger partial charge is 0.258 e. The van der Waals surface area contributed by atoms with E-state index in [-0.39, 0.29) is 0 Å². The van der Waals surface area contributed by atoms with Crippen LogP contribution in [-0.2, 0) is 0 Å². The summed E-state index contributed by atoms with van der Waals surface area (Å²) in [6.07, 6.45) is 20.4. The molecule has 0 radical (unpaired) electrons. The fraction of sp³-hybridized carbons (Fsp3) is 0.476. The summed E-state index contributed by atoms with van der Waals surface area (Å²) in [6, 6.07) is 19.3. The molecular formula is C42H52N6O4S. The van der Waals surface area contributed by atoms with Crippen LogP contribution in [0.4, 0.5) is 0 Å². The van der Waals surface area contributed by atoms with Gasteiger partial charge in [-0.05, 0) is 73.5 Å². The van der Waals surface area contributed by atoms with Crippen LogP contribution in [0.1, 0.15) is 117 Å². The molecule has 10 nitrogen and oxygen atoms in total. The van der Waals surface area contributed by atoms with Gasteiger partial charge < -0.3 is 18.5 Å². The van der Waals surface area contributed by atoms with Gasteiger partial charge in [0.25, 0.3) is 11.8 Å². The predicted octanol–water partition coefficient (Wildman–Crippen LogP) is 12.2. The van der Waals surface area contributed by atoms with Crippen LogP contribution in [-0.4, -0.2) is 42.2 Å². The number of aromatic nitrogens is 6. The largest absolute Gasteiger partial charge is 0.494 e. The number of rotatable bonds is 24. The fourth-order valence-electron chi connectivity index (χ4n) is 6.37. The molecule has 3 aromatic heterocycles. The summed E-state index contributed by atoms with van der Waals surface area (Å²) in [7, 11) is 0. The Morgan fingerprint density at radius 3 is 1.25 bits per heavy atom. The summed E-state index contributed by atoms with van der Waals surface area (Å²) in [5.41, 5.74) is 4.35. The van der Waals surface area contributed by atoms with E-state index >= 15 is 0 Å². The normalized spacial score (nSPS) is 11.4. The third-order valence-electron chi connectivity index (χ3n) is 9.49. The maximum absolute atomic E-state index is 5.96. The quantitative estimate of drug-likeness (QED) is 0.0555. The second-order valence-corrected chi connectivity index (χ2v) is 14.2. The fourth-order valence-corrected chi connectivity index (χ4v) is 6.94.